The number of benzene rings is 2. The SMILES string of the molecule is COC(=O)c1ccccc1OCC(=O)Nc1ccc(C(C)C)cc1. The van der Waals surface area contributed by atoms with Crippen molar-refractivity contribution in [3.05, 3.63) is 59.7 Å². The number of ether oxygens (including phenoxy) is 2. The van der Waals surface area contributed by atoms with Crippen LogP contribution in [0.3, 0.4) is 0 Å². The van der Waals surface area contributed by atoms with Crippen LogP contribution < -0.4 is 10.1 Å². The lowest BCUT2D eigenvalue weighted by Gasteiger charge is -2.11. The maximum atomic E-state index is 12.0. The average Bonchev–Trinajstić information content (AvgIpc) is 2.60. The summed E-state index contributed by atoms with van der Waals surface area (Å²) in [6.45, 7) is 4.03. The van der Waals surface area contributed by atoms with Crippen molar-refractivity contribution < 1.29 is 19.1 Å². The van der Waals surface area contributed by atoms with Crippen molar-refractivity contribution in [3.63, 3.8) is 0 Å². The fourth-order valence-corrected chi connectivity index (χ4v) is 2.16. The molecule has 0 bridgehead atoms. The van der Waals surface area contributed by atoms with Crippen LogP contribution in [0.2, 0.25) is 0 Å². The van der Waals surface area contributed by atoms with Gasteiger partial charge in [-0.1, -0.05) is 38.1 Å². The van der Waals surface area contributed by atoms with E-state index in [9.17, 15) is 9.59 Å². The number of anilines is 1. The predicted molar refractivity (Wildman–Crippen MR) is 92.4 cm³/mol. The third kappa shape index (κ3) is 4.59. The fraction of sp³-hybridized carbons (Fsp3) is 0.263. The van der Waals surface area contributed by atoms with Crippen LogP contribution >= 0.6 is 0 Å². The molecule has 2 rings (SSSR count). The lowest BCUT2D eigenvalue weighted by atomic mass is 10.0. The molecule has 0 fully saturated rings. The molecule has 0 saturated carbocycles. The molecule has 0 aliphatic rings. The highest BCUT2D eigenvalue weighted by Crippen LogP contribution is 2.19. The Morgan fingerprint density at radius 1 is 1.04 bits per heavy atom. The molecule has 0 aromatic heterocycles. The topological polar surface area (TPSA) is 64.6 Å². The monoisotopic (exact) mass is 327 g/mol. The number of rotatable bonds is 6. The molecule has 24 heavy (non-hydrogen) atoms. The second kappa shape index (κ2) is 8.15. The number of nitrogens with one attached hydrogen (secondary N) is 1. The van der Waals surface area contributed by atoms with Gasteiger partial charge in [0.15, 0.2) is 6.61 Å². The maximum Gasteiger partial charge on any atom is 0.341 e. The summed E-state index contributed by atoms with van der Waals surface area (Å²) in [6.07, 6.45) is 0. The number of hydrogen-bond acceptors (Lipinski definition) is 4. The standard InChI is InChI=1S/C19H21NO4/c1-13(2)14-8-10-15(11-9-14)20-18(21)12-24-17-7-5-4-6-16(17)19(22)23-3/h4-11,13H,12H2,1-3H3,(H,20,21). The Labute approximate surface area is 141 Å². The molecule has 0 radical (unpaired) electrons. The lowest BCUT2D eigenvalue weighted by molar-refractivity contribution is -0.118. The molecule has 0 saturated heterocycles. The summed E-state index contributed by atoms with van der Waals surface area (Å²) < 4.78 is 10.1. The number of amides is 1. The van der Waals surface area contributed by atoms with Crippen LogP contribution in [0.15, 0.2) is 48.5 Å². The highest BCUT2D eigenvalue weighted by atomic mass is 16.5. The number of hydrogen-bond donors (Lipinski definition) is 1. The van der Waals surface area contributed by atoms with Crippen LogP contribution in [0.1, 0.15) is 35.7 Å². The zero-order chi connectivity index (χ0) is 17.5. The minimum Gasteiger partial charge on any atom is -0.483 e. The summed E-state index contributed by atoms with van der Waals surface area (Å²) in [5.41, 5.74) is 2.19. The normalized spacial score (nSPS) is 10.3. The second-order valence-electron chi connectivity index (χ2n) is 5.60. The Morgan fingerprint density at radius 3 is 2.33 bits per heavy atom. The van der Waals surface area contributed by atoms with Crippen LogP contribution in [0.25, 0.3) is 0 Å². The van der Waals surface area contributed by atoms with E-state index in [2.05, 4.69) is 19.2 Å². The molecule has 0 atom stereocenters. The Kier molecular flexibility index (Phi) is 5.95. The van der Waals surface area contributed by atoms with Crippen molar-refractivity contribution in [2.75, 3.05) is 19.0 Å². The molecule has 1 N–H and O–H groups in total. The Hall–Kier alpha value is -2.82. The van der Waals surface area contributed by atoms with E-state index < -0.39 is 5.97 Å². The van der Waals surface area contributed by atoms with Gasteiger partial charge in [0.1, 0.15) is 11.3 Å². The van der Waals surface area contributed by atoms with E-state index in [4.69, 9.17) is 9.47 Å². The summed E-state index contributed by atoms with van der Waals surface area (Å²) in [7, 11) is 1.30. The molecule has 126 valence electrons. The van der Waals surface area contributed by atoms with Crippen LogP contribution in [-0.4, -0.2) is 25.6 Å². The number of esters is 1. The van der Waals surface area contributed by atoms with Crippen molar-refractivity contribution in [1.29, 1.82) is 0 Å². The largest absolute Gasteiger partial charge is 0.483 e. The van der Waals surface area contributed by atoms with Crippen LogP contribution in [-0.2, 0) is 9.53 Å². The van der Waals surface area contributed by atoms with Crippen LogP contribution in [0.5, 0.6) is 5.75 Å². The Bertz CT molecular complexity index is 708. The van der Waals surface area contributed by atoms with E-state index >= 15 is 0 Å². The molecule has 0 aliphatic carbocycles. The van der Waals surface area contributed by atoms with Gasteiger partial charge < -0.3 is 14.8 Å². The molecule has 2 aromatic carbocycles. The van der Waals surface area contributed by atoms with Gasteiger partial charge >= 0.3 is 5.97 Å². The third-order valence-electron chi connectivity index (χ3n) is 3.51. The fourth-order valence-electron chi connectivity index (χ4n) is 2.16. The maximum absolute atomic E-state index is 12.0. The molecule has 0 aliphatic heterocycles. The molecule has 2 aromatic rings. The van der Waals surface area contributed by atoms with Gasteiger partial charge in [-0.2, -0.15) is 0 Å². The van der Waals surface area contributed by atoms with Gasteiger partial charge in [-0.05, 0) is 35.7 Å². The van der Waals surface area contributed by atoms with Gasteiger partial charge in [0.25, 0.3) is 5.91 Å². The van der Waals surface area contributed by atoms with Crippen LogP contribution in [0.4, 0.5) is 5.69 Å². The summed E-state index contributed by atoms with van der Waals surface area (Å²) in [5.74, 6) is -0.0511. The van der Waals surface area contributed by atoms with E-state index in [0.717, 1.165) is 0 Å². The quantitative estimate of drug-likeness (QED) is 0.823. The molecular weight excluding hydrogens is 306 g/mol. The van der Waals surface area contributed by atoms with Crippen molar-refractivity contribution in [2.45, 2.75) is 19.8 Å². The minimum atomic E-state index is -0.504. The predicted octanol–water partition coefficient (Wildman–Crippen LogP) is 3.61. The first-order chi connectivity index (χ1) is 11.5. The molecule has 5 heteroatoms. The van der Waals surface area contributed by atoms with Gasteiger partial charge in [-0.25, -0.2) is 4.79 Å². The summed E-state index contributed by atoms with van der Waals surface area (Å²) >= 11 is 0. The Morgan fingerprint density at radius 2 is 1.71 bits per heavy atom. The second-order valence-corrected chi connectivity index (χ2v) is 5.60. The molecule has 1 amide bonds. The summed E-state index contributed by atoms with van der Waals surface area (Å²) in [5, 5.41) is 2.76. The van der Waals surface area contributed by atoms with E-state index in [0.29, 0.717) is 17.4 Å². The van der Waals surface area contributed by atoms with Gasteiger partial charge in [0.2, 0.25) is 0 Å². The highest BCUT2D eigenvalue weighted by molar-refractivity contribution is 5.94. The van der Waals surface area contributed by atoms with Crippen molar-refractivity contribution in [3.8, 4) is 5.75 Å². The number of methoxy groups -OCH3 is 1. The van der Waals surface area contributed by atoms with Gasteiger partial charge in [-0.3, -0.25) is 4.79 Å². The summed E-state index contributed by atoms with van der Waals surface area (Å²) in [4.78, 5) is 23.7. The first-order valence-corrected chi connectivity index (χ1v) is 7.71. The van der Waals surface area contributed by atoms with Crippen molar-refractivity contribution in [1.82, 2.24) is 0 Å². The summed E-state index contributed by atoms with van der Waals surface area (Å²) in [6, 6.07) is 14.3. The van der Waals surface area contributed by atoms with E-state index in [-0.39, 0.29) is 18.1 Å². The van der Waals surface area contributed by atoms with Gasteiger partial charge in [-0.15, -0.1) is 0 Å². The minimum absolute atomic E-state index is 0.195. The first-order valence-electron chi connectivity index (χ1n) is 7.71. The van der Waals surface area contributed by atoms with E-state index in [1.165, 1.54) is 12.7 Å². The van der Waals surface area contributed by atoms with E-state index in [1.54, 1.807) is 24.3 Å². The molecule has 5 nitrogen and oxygen atoms in total. The molecule has 0 unspecified atom stereocenters. The zero-order valence-electron chi connectivity index (χ0n) is 14.0. The number of carbonyl (C=O) groups excluding carboxylic acids is 2. The Balaban J connectivity index is 1.95. The average molecular weight is 327 g/mol. The highest BCUT2D eigenvalue weighted by Gasteiger charge is 2.13. The van der Waals surface area contributed by atoms with Gasteiger partial charge in [0.05, 0.1) is 7.11 Å². The zero-order valence-corrected chi connectivity index (χ0v) is 14.0. The number of para-hydroxylation sites is 1. The molecule has 0 heterocycles. The van der Waals surface area contributed by atoms with Crippen molar-refractivity contribution >= 4 is 17.6 Å². The smallest absolute Gasteiger partial charge is 0.341 e. The molecule has 0 spiro atoms. The van der Waals surface area contributed by atoms with E-state index in [1.807, 2.05) is 24.3 Å². The van der Waals surface area contributed by atoms with Crippen molar-refractivity contribution in [2.24, 2.45) is 0 Å². The lowest BCUT2D eigenvalue weighted by Crippen LogP contribution is -2.21. The van der Waals surface area contributed by atoms with Gasteiger partial charge in [0, 0.05) is 5.69 Å². The number of carbonyl (C=O) groups is 2. The first kappa shape index (κ1) is 17.5. The third-order valence-corrected chi connectivity index (χ3v) is 3.51. The molecular formula is C19H21NO4. The van der Waals surface area contributed by atoms with Crippen LogP contribution in [0, 0.1) is 0 Å².